The van der Waals surface area contributed by atoms with Crippen molar-refractivity contribution in [3.63, 3.8) is 0 Å². The summed E-state index contributed by atoms with van der Waals surface area (Å²) in [5.41, 5.74) is 5.43. The molecular formula is C15H20N6O2S3. The molecule has 3 heterocycles. The number of amides is 1. The van der Waals surface area contributed by atoms with Crippen molar-refractivity contribution in [2.24, 2.45) is 0 Å². The molecule has 1 saturated heterocycles. The van der Waals surface area contributed by atoms with E-state index in [1.54, 1.807) is 11.3 Å². The van der Waals surface area contributed by atoms with Crippen LogP contribution >= 0.6 is 35.3 Å². The summed E-state index contributed by atoms with van der Waals surface area (Å²) in [6, 6.07) is 4.00. The third kappa shape index (κ3) is 4.72. The number of hydrogen-bond donors (Lipinski definition) is 2. The van der Waals surface area contributed by atoms with Crippen LogP contribution in [0.4, 0.5) is 0 Å². The average molecular weight is 413 g/mol. The fourth-order valence-corrected chi connectivity index (χ4v) is 4.16. The zero-order chi connectivity index (χ0) is 18.4. The standard InChI is InChI=1S/C15H20N6O2S3/c1-2-21-13(11-4-3-9-25-11)17-19-15(21)26-10-12(22)16-18-14(24)20-5-7-23-8-6-20/h3-4,9H,2,5-8,10H2,1H3,(H,16,22)(H,18,24). The lowest BCUT2D eigenvalue weighted by atomic mass is 10.4. The summed E-state index contributed by atoms with van der Waals surface area (Å²) in [4.78, 5) is 15.1. The minimum absolute atomic E-state index is 0.172. The van der Waals surface area contributed by atoms with E-state index in [9.17, 15) is 4.79 Å². The van der Waals surface area contributed by atoms with Crippen LogP contribution in [-0.2, 0) is 16.1 Å². The van der Waals surface area contributed by atoms with Crippen molar-refractivity contribution in [1.29, 1.82) is 0 Å². The molecule has 0 radical (unpaired) electrons. The number of ether oxygens (including phenoxy) is 1. The summed E-state index contributed by atoms with van der Waals surface area (Å²) in [6.45, 7) is 5.51. The minimum Gasteiger partial charge on any atom is -0.378 e. The molecule has 2 aromatic heterocycles. The molecule has 0 aliphatic carbocycles. The zero-order valence-electron chi connectivity index (χ0n) is 14.3. The van der Waals surface area contributed by atoms with E-state index in [1.165, 1.54) is 11.8 Å². The Morgan fingerprint density at radius 2 is 2.19 bits per heavy atom. The van der Waals surface area contributed by atoms with Gasteiger partial charge in [-0.25, -0.2) is 0 Å². The Hall–Kier alpha value is -1.69. The molecule has 1 amide bonds. The SMILES string of the molecule is CCn1c(SCC(=O)NNC(=S)N2CCOCC2)nnc1-c1cccs1. The van der Waals surface area contributed by atoms with Gasteiger partial charge in [-0.15, -0.1) is 21.5 Å². The quantitative estimate of drug-likeness (QED) is 0.433. The van der Waals surface area contributed by atoms with Gasteiger partial charge < -0.3 is 14.2 Å². The third-order valence-corrected chi connectivity index (χ3v) is 5.91. The monoisotopic (exact) mass is 412 g/mol. The van der Waals surface area contributed by atoms with Crippen molar-refractivity contribution in [1.82, 2.24) is 30.5 Å². The molecule has 0 spiro atoms. The van der Waals surface area contributed by atoms with Crippen LogP contribution in [0.3, 0.4) is 0 Å². The number of thiocarbonyl (C=S) groups is 1. The van der Waals surface area contributed by atoms with Crippen molar-refractivity contribution >= 4 is 46.3 Å². The maximum absolute atomic E-state index is 12.1. The molecule has 3 rings (SSSR count). The van der Waals surface area contributed by atoms with E-state index in [0.717, 1.165) is 35.5 Å². The largest absolute Gasteiger partial charge is 0.378 e. The van der Waals surface area contributed by atoms with Gasteiger partial charge in [-0.3, -0.25) is 15.6 Å². The molecule has 1 fully saturated rings. The number of nitrogens with zero attached hydrogens (tertiary/aromatic N) is 4. The van der Waals surface area contributed by atoms with Gasteiger partial charge in [0, 0.05) is 19.6 Å². The van der Waals surface area contributed by atoms with Gasteiger partial charge in [-0.1, -0.05) is 17.8 Å². The van der Waals surface area contributed by atoms with Crippen molar-refractivity contribution in [2.45, 2.75) is 18.6 Å². The fraction of sp³-hybridized carbons (Fsp3) is 0.467. The Morgan fingerprint density at radius 3 is 2.88 bits per heavy atom. The molecule has 11 heteroatoms. The molecule has 2 N–H and O–H groups in total. The van der Waals surface area contributed by atoms with Crippen LogP contribution in [0.15, 0.2) is 22.7 Å². The predicted molar refractivity (Wildman–Crippen MR) is 106 cm³/mol. The summed E-state index contributed by atoms with van der Waals surface area (Å²) in [6.07, 6.45) is 0. The number of aromatic nitrogens is 3. The van der Waals surface area contributed by atoms with Crippen LogP contribution in [0.2, 0.25) is 0 Å². The van der Waals surface area contributed by atoms with Crippen molar-refractivity contribution < 1.29 is 9.53 Å². The second kappa shape index (κ2) is 9.31. The number of carbonyl (C=O) groups excluding carboxylic acids is 1. The first-order valence-electron chi connectivity index (χ1n) is 8.20. The van der Waals surface area contributed by atoms with Crippen LogP contribution in [0.1, 0.15) is 6.92 Å². The molecule has 26 heavy (non-hydrogen) atoms. The van der Waals surface area contributed by atoms with E-state index in [4.69, 9.17) is 17.0 Å². The number of thioether (sulfide) groups is 1. The lowest BCUT2D eigenvalue weighted by Crippen LogP contribution is -2.52. The first-order chi connectivity index (χ1) is 12.7. The maximum Gasteiger partial charge on any atom is 0.248 e. The first-order valence-corrected chi connectivity index (χ1v) is 10.5. The van der Waals surface area contributed by atoms with Crippen molar-refractivity contribution in [2.75, 3.05) is 32.1 Å². The normalized spacial score (nSPS) is 14.3. The van der Waals surface area contributed by atoms with Gasteiger partial charge in [-0.05, 0) is 30.6 Å². The molecule has 1 aliphatic heterocycles. The number of nitrogens with one attached hydrogen (secondary N) is 2. The molecule has 0 atom stereocenters. The molecule has 8 nitrogen and oxygen atoms in total. The molecular weight excluding hydrogens is 392 g/mol. The number of thiophene rings is 1. The number of hydrazine groups is 1. The van der Waals surface area contributed by atoms with Gasteiger partial charge >= 0.3 is 0 Å². The van der Waals surface area contributed by atoms with Crippen molar-refractivity contribution in [3.05, 3.63) is 17.5 Å². The Bertz CT molecular complexity index is 743. The molecule has 0 aromatic carbocycles. The highest BCUT2D eigenvalue weighted by Gasteiger charge is 2.16. The van der Waals surface area contributed by atoms with Gasteiger partial charge in [0.05, 0.1) is 23.8 Å². The smallest absolute Gasteiger partial charge is 0.248 e. The van der Waals surface area contributed by atoms with E-state index in [0.29, 0.717) is 18.3 Å². The molecule has 0 bridgehead atoms. The summed E-state index contributed by atoms with van der Waals surface area (Å²) >= 11 is 8.24. The van der Waals surface area contributed by atoms with E-state index < -0.39 is 0 Å². The number of hydrogen-bond acceptors (Lipinski definition) is 7. The highest BCUT2D eigenvalue weighted by atomic mass is 32.2. The molecule has 0 unspecified atom stereocenters. The van der Waals surface area contributed by atoms with Crippen molar-refractivity contribution in [3.8, 4) is 10.7 Å². The van der Waals surface area contributed by atoms with Gasteiger partial charge in [0.2, 0.25) is 5.91 Å². The minimum atomic E-state index is -0.172. The summed E-state index contributed by atoms with van der Waals surface area (Å²) < 4.78 is 7.29. The second-order valence-electron chi connectivity index (χ2n) is 5.39. The number of rotatable bonds is 5. The Kier molecular flexibility index (Phi) is 6.83. The predicted octanol–water partition coefficient (Wildman–Crippen LogP) is 1.36. The van der Waals surface area contributed by atoms with Crippen LogP contribution in [0, 0.1) is 0 Å². The van der Waals surface area contributed by atoms with Crippen LogP contribution < -0.4 is 10.9 Å². The first kappa shape index (κ1) is 19.1. The number of morpholine rings is 1. The van der Waals surface area contributed by atoms with Crippen LogP contribution in [0.25, 0.3) is 10.7 Å². The lowest BCUT2D eigenvalue weighted by Gasteiger charge is -2.29. The summed E-state index contributed by atoms with van der Waals surface area (Å²) in [5, 5.41) is 11.7. The highest BCUT2D eigenvalue weighted by molar-refractivity contribution is 7.99. The Morgan fingerprint density at radius 1 is 1.38 bits per heavy atom. The second-order valence-corrected chi connectivity index (χ2v) is 7.67. The molecule has 140 valence electrons. The Labute approximate surface area is 165 Å². The van der Waals surface area contributed by atoms with Gasteiger partial charge in [0.25, 0.3) is 0 Å². The fourth-order valence-electron chi connectivity index (χ4n) is 2.40. The van der Waals surface area contributed by atoms with E-state index in [-0.39, 0.29) is 11.7 Å². The van der Waals surface area contributed by atoms with E-state index in [2.05, 4.69) is 21.0 Å². The summed E-state index contributed by atoms with van der Waals surface area (Å²) in [5.74, 6) is 0.882. The third-order valence-electron chi connectivity index (χ3n) is 3.71. The molecule has 0 saturated carbocycles. The van der Waals surface area contributed by atoms with Gasteiger partial charge in [0.1, 0.15) is 0 Å². The van der Waals surface area contributed by atoms with Gasteiger partial charge in [-0.2, -0.15) is 0 Å². The average Bonchev–Trinajstić information content (AvgIpc) is 3.34. The summed E-state index contributed by atoms with van der Waals surface area (Å²) in [7, 11) is 0. The van der Waals surface area contributed by atoms with Crippen LogP contribution in [0.5, 0.6) is 0 Å². The van der Waals surface area contributed by atoms with E-state index >= 15 is 0 Å². The lowest BCUT2D eigenvalue weighted by molar-refractivity contribution is -0.119. The van der Waals surface area contributed by atoms with Gasteiger partial charge in [0.15, 0.2) is 16.1 Å². The highest BCUT2D eigenvalue weighted by Crippen LogP contribution is 2.26. The Balaban J connectivity index is 1.49. The molecule has 2 aromatic rings. The zero-order valence-corrected chi connectivity index (χ0v) is 16.8. The van der Waals surface area contributed by atoms with E-state index in [1.807, 2.05) is 33.9 Å². The number of carbonyl (C=O) groups is 1. The topological polar surface area (TPSA) is 84.3 Å². The molecule has 1 aliphatic rings. The maximum atomic E-state index is 12.1. The van der Waals surface area contributed by atoms with Crippen LogP contribution in [-0.4, -0.2) is 62.7 Å².